The highest BCUT2D eigenvalue weighted by atomic mass is 16.6. The second kappa shape index (κ2) is 4.59. The van der Waals surface area contributed by atoms with Crippen LogP contribution in [0.25, 0.3) is 0 Å². The van der Waals surface area contributed by atoms with E-state index in [2.05, 4.69) is 0 Å². The minimum Gasteiger partial charge on any atom is -0.445 e. The summed E-state index contributed by atoms with van der Waals surface area (Å²) < 4.78 is 10.5. The van der Waals surface area contributed by atoms with Gasteiger partial charge in [0.05, 0.1) is 19.2 Å². The van der Waals surface area contributed by atoms with Gasteiger partial charge in [-0.05, 0) is 5.56 Å². The van der Waals surface area contributed by atoms with Gasteiger partial charge in [-0.2, -0.15) is 0 Å². The molecular weight excluding hydrogens is 234 g/mol. The lowest BCUT2D eigenvalue weighted by Gasteiger charge is -2.25. The average molecular weight is 249 g/mol. The molecule has 5 nitrogen and oxygen atoms in total. The van der Waals surface area contributed by atoms with Crippen LogP contribution in [0.15, 0.2) is 30.3 Å². The molecule has 96 valence electrons. The van der Waals surface area contributed by atoms with Gasteiger partial charge in [-0.1, -0.05) is 30.3 Å². The Morgan fingerprint density at radius 1 is 1.44 bits per heavy atom. The molecule has 0 radical (unpaired) electrons. The highest BCUT2D eigenvalue weighted by molar-refractivity contribution is 5.69. The topological polar surface area (TPSA) is 59.0 Å². The molecule has 5 heteroatoms. The molecule has 0 saturated carbocycles. The van der Waals surface area contributed by atoms with Crippen molar-refractivity contribution in [2.45, 2.75) is 24.9 Å². The maximum atomic E-state index is 11.9. The number of likely N-dealkylation sites (tertiary alicyclic amines) is 1. The fourth-order valence-electron chi connectivity index (χ4n) is 2.44. The number of hydrogen-bond donors (Lipinski definition) is 1. The zero-order chi connectivity index (χ0) is 12.5. The van der Waals surface area contributed by atoms with Crippen LogP contribution >= 0.6 is 0 Å². The lowest BCUT2D eigenvalue weighted by Crippen LogP contribution is -2.42. The molecule has 0 aliphatic carbocycles. The summed E-state index contributed by atoms with van der Waals surface area (Å²) in [6.45, 7) is 1.07. The maximum absolute atomic E-state index is 11.9. The van der Waals surface area contributed by atoms with Crippen molar-refractivity contribution in [2.24, 2.45) is 0 Å². The van der Waals surface area contributed by atoms with Gasteiger partial charge in [0.15, 0.2) is 0 Å². The van der Waals surface area contributed by atoms with Gasteiger partial charge in [-0.15, -0.1) is 0 Å². The van der Waals surface area contributed by atoms with Crippen molar-refractivity contribution >= 4 is 6.09 Å². The minimum atomic E-state index is -0.575. The molecule has 0 spiro atoms. The van der Waals surface area contributed by atoms with Crippen LogP contribution in [0.5, 0.6) is 0 Å². The summed E-state index contributed by atoms with van der Waals surface area (Å²) in [7, 11) is 0. The van der Waals surface area contributed by atoms with Crippen LogP contribution in [0.1, 0.15) is 5.56 Å². The lowest BCUT2D eigenvalue weighted by molar-refractivity contribution is 0.0164. The van der Waals surface area contributed by atoms with Crippen LogP contribution in [-0.2, 0) is 16.1 Å². The normalized spacial score (nSPS) is 29.6. The van der Waals surface area contributed by atoms with Crippen LogP contribution < -0.4 is 0 Å². The molecule has 2 heterocycles. The fraction of sp³-hybridized carbons (Fsp3) is 0.462. The van der Waals surface area contributed by atoms with E-state index in [0.29, 0.717) is 13.2 Å². The monoisotopic (exact) mass is 249 g/mol. The number of rotatable bonds is 2. The summed E-state index contributed by atoms with van der Waals surface area (Å²) in [6, 6.07) is 9.27. The molecule has 2 fully saturated rings. The zero-order valence-corrected chi connectivity index (χ0v) is 9.86. The quantitative estimate of drug-likeness (QED) is 0.841. The minimum absolute atomic E-state index is 0.251. The average Bonchev–Trinajstić information content (AvgIpc) is 2.93. The molecule has 1 aromatic rings. The molecule has 2 bridgehead atoms. The third-order valence-electron chi connectivity index (χ3n) is 3.47. The first-order valence-electron chi connectivity index (χ1n) is 6.02. The number of ether oxygens (including phenoxy) is 2. The van der Waals surface area contributed by atoms with Crippen molar-refractivity contribution in [2.75, 3.05) is 13.2 Å². The number of carbonyl (C=O) groups is 1. The van der Waals surface area contributed by atoms with E-state index in [1.165, 1.54) is 0 Å². The standard InChI is InChI=1S/C13H15NO4/c15-12-10-8-17-11(12)6-14(10)13(16)18-7-9-4-2-1-3-5-9/h1-5,10-12,15H,6-8H2/t10-,11-,12+/m0/s1. The molecule has 0 aromatic heterocycles. The Morgan fingerprint density at radius 3 is 2.83 bits per heavy atom. The highest BCUT2D eigenvalue weighted by Gasteiger charge is 2.49. The van der Waals surface area contributed by atoms with E-state index in [1.807, 2.05) is 30.3 Å². The largest absolute Gasteiger partial charge is 0.445 e. The Balaban J connectivity index is 1.57. The number of carbonyl (C=O) groups excluding carboxylic acids is 1. The first-order valence-corrected chi connectivity index (χ1v) is 6.02. The smallest absolute Gasteiger partial charge is 0.410 e. The van der Waals surface area contributed by atoms with Gasteiger partial charge < -0.3 is 14.6 Å². The van der Waals surface area contributed by atoms with Crippen molar-refractivity contribution in [3.8, 4) is 0 Å². The predicted octanol–water partition coefficient (Wildman–Crippen LogP) is 0.767. The number of morpholine rings is 1. The first kappa shape index (κ1) is 11.5. The third kappa shape index (κ3) is 1.95. The Labute approximate surface area is 105 Å². The summed E-state index contributed by atoms with van der Waals surface area (Å²) in [5, 5.41) is 9.76. The van der Waals surface area contributed by atoms with Crippen molar-refractivity contribution in [3.63, 3.8) is 0 Å². The number of amides is 1. The number of hydrogen-bond acceptors (Lipinski definition) is 4. The number of aliphatic hydroxyl groups excluding tert-OH is 1. The summed E-state index contributed by atoms with van der Waals surface area (Å²) in [5.41, 5.74) is 0.951. The molecule has 1 aromatic carbocycles. The molecule has 3 rings (SSSR count). The molecular formula is C13H15NO4. The summed E-state index contributed by atoms with van der Waals surface area (Å²) in [5.74, 6) is 0. The predicted molar refractivity (Wildman–Crippen MR) is 62.9 cm³/mol. The Hall–Kier alpha value is -1.59. The van der Waals surface area contributed by atoms with Gasteiger partial charge >= 0.3 is 6.09 Å². The number of benzene rings is 1. The lowest BCUT2D eigenvalue weighted by atomic mass is 10.2. The summed E-state index contributed by atoms with van der Waals surface area (Å²) in [4.78, 5) is 13.4. The van der Waals surface area contributed by atoms with Gasteiger partial charge in [-0.25, -0.2) is 4.79 Å². The van der Waals surface area contributed by atoms with E-state index in [9.17, 15) is 9.90 Å². The van der Waals surface area contributed by atoms with Crippen molar-refractivity contribution in [1.82, 2.24) is 4.90 Å². The van der Waals surface area contributed by atoms with Gasteiger partial charge in [0.2, 0.25) is 0 Å². The van der Waals surface area contributed by atoms with E-state index >= 15 is 0 Å². The van der Waals surface area contributed by atoms with E-state index in [-0.39, 0.29) is 24.8 Å². The molecule has 1 amide bonds. The third-order valence-corrected chi connectivity index (χ3v) is 3.47. The number of nitrogens with zero attached hydrogens (tertiary/aromatic N) is 1. The second-order valence-electron chi connectivity index (χ2n) is 4.62. The SMILES string of the molecule is O=C(OCc1ccccc1)N1C[C@@H]2OC[C@H]1[C@H]2O. The van der Waals surface area contributed by atoms with Crippen molar-refractivity contribution in [3.05, 3.63) is 35.9 Å². The van der Waals surface area contributed by atoms with Gasteiger partial charge in [0.1, 0.15) is 18.8 Å². The van der Waals surface area contributed by atoms with E-state index in [1.54, 1.807) is 4.90 Å². The highest BCUT2D eigenvalue weighted by Crippen LogP contribution is 2.28. The molecule has 0 unspecified atom stereocenters. The van der Waals surface area contributed by atoms with Crippen LogP contribution in [0.4, 0.5) is 4.79 Å². The summed E-state index contributed by atoms with van der Waals surface area (Å²) >= 11 is 0. The fourth-order valence-corrected chi connectivity index (χ4v) is 2.44. The van der Waals surface area contributed by atoms with Gasteiger partial charge in [0.25, 0.3) is 0 Å². The van der Waals surface area contributed by atoms with E-state index < -0.39 is 6.10 Å². The van der Waals surface area contributed by atoms with Crippen LogP contribution in [-0.4, -0.2) is 47.5 Å². The molecule has 18 heavy (non-hydrogen) atoms. The Morgan fingerprint density at radius 2 is 2.22 bits per heavy atom. The Bertz CT molecular complexity index is 436. The van der Waals surface area contributed by atoms with E-state index in [4.69, 9.17) is 9.47 Å². The van der Waals surface area contributed by atoms with Crippen LogP contribution in [0, 0.1) is 0 Å². The van der Waals surface area contributed by atoms with Crippen LogP contribution in [0.2, 0.25) is 0 Å². The molecule has 2 saturated heterocycles. The number of fused-ring (bicyclic) bond motifs is 2. The molecule has 3 atom stereocenters. The molecule has 1 N–H and O–H groups in total. The van der Waals surface area contributed by atoms with Crippen molar-refractivity contribution < 1.29 is 19.4 Å². The first-order chi connectivity index (χ1) is 8.75. The van der Waals surface area contributed by atoms with Gasteiger partial charge in [0, 0.05) is 0 Å². The summed E-state index contributed by atoms with van der Waals surface area (Å²) in [6.07, 6.45) is -1.21. The Kier molecular flexibility index (Phi) is 2.93. The maximum Gasteiger partial charge on any atom is 0.410 e. The molecule has 2 aliphatic rings. The van der Waals surface area contributed by atoms with Crippen LogP contribution in [0.3, 0.4) is 0 Å². The number of aliphatic hydroxyl groups is 1. The zero-order valence-electron chi connectivity index (χ0n) is 9.86. The van der Waals surface area contributed by atoms with E-state index in [0.717, 1.165) is 5.56 Å². The van der Waals surface area contributed by atoms with Crippen molar-refractivity contribution in [1.29, 1.82) is 0 Å². The van der Waals surface area contributed by atoms with Gasteiger partial charge in [-0.3, -0.25) is 4.90 Å². The second-order valence-corrected chi connectivity index (χ2v) is 4.62. The molecule has 2 aliphatic heterocycles.